The van der Waals surface area contributed by atoms with Crippen molar-refractivity contribution in [2.75, 3.05) is 6.54 Å². The maximum absolute atomic E-state index is 5.84. The van der Waals surface area contributed by atoms with Crippen LogP contribution in [0.5, 0.6) is 0 Å². The average Bonchev–Trinajstić information content (AvgIpc) is 2.80. The van der Waals surface area contributed by atoms with Crippen molar-refractivity contribution >= 4 is 0 Å². The van der Waals surface area contributed by atoms with Gasteiger partial charge in [-0.05, 0) is 12.5 Å². The van der Waals surface area contributed by atoms with Crippen LogP contribution in [0.1, 0.15) is 24.2 Å². The van der Waals surface area contributed by atoms with Gasteiger partial charge in [0.2, 0.25) is 0 Å². The summed E-state index contributed by atoms with van der Waals surface area (Å²) in [5.74, 6) is 1.07. The molecule has 1 unspecified atom stereocenters. The molecule has 2 rings (SSSR count). The van der Waals surface area contributed by atoms with Crippen LogP contribution in [0.2, 0.25) is 0 Å². The summed E-state index contributed by atoms with van der Waals surface area (Å²) in [6.07, 6.45) is 1.59. The summed E-state index contributed by atoms with van der Waals surface area (Å²) in [7, 11) is 0. The van der Waals surface area contributed by atoms with Crippen LogP contribution in [0.25, 0.3) is 0 Å². The van der Waals surface area contributed by atoms with Gasteiger partial charge < -0.3 is 5.73 Å². The predicted octanol–water partition coefficient (Wildman–Crippen LogP) is 1.39. The third-order valence-electron chi connectivity index (χ3n) is 2.69. The minimum atomic E-state index is 0.128. The van der Waals surface area contributed by atoms with Crippen LogP contribution in [0.4, 0.5) is 0 Å². The van der Waals surface area contributed by atoms with E-state index in [1.807, 2.05) is 22.9 Å². The van der Waals surface area contributed by atoms with Crippen molar-refractivity contribution in [1.29, 1.82) is 0 Å². The molecule has 0 saturated heterocycles. The summed E-state index contributed by atoms with van der Waals surface area (Å²) in [5, 5.41) is 4.18. The summed E-state index contributed by atoms with van der Waals surface area (Å²) >= 11 is 0. The molecule has 2 aromatic rings. The first-order valence-electron chi connectivity index (χ1n) is 5.49. The number of benzene rings is 1. The highest BCUT2D eigenvalue weighted by molar-refractivity contribution is 5.25. The molecular weight excluding hydrogens is 200 g/mol. The molecule has 0 saturated carbocycles. The molecule has 16 heavy (non-hydrogen) atoms. The average molecular weight is 216 g/mol. The number of hydrogen-bond donors (Lipinski definition) is 1. The molecule has 0 amide bonds. The van der Waals surface area contributed by atoms with Crippen molar-refractivity contribution in [2.45, 2.75) is 19.4 Å². The largest absolute Gasteiger partial charge is 0.329 e. The van der Waals surface area contributed by atoms with Gasteiger partial charge >= 0.3 is 0 Å². The second-order valence-corrected chi connectivity index (χ2v) is 3.63. The van der Waals surface area contributed by atoms with E-state index in [9.17, 15) is 0 Å². The van der Waals surface area contributed by atoms with Crippen LogP contribution in [0.3, 0.4) is 0 Å². The summed E-state index contributed by atoms with van der Waals surface area (Å²) in [6, 6.07) is 10.2. The third kappa shape index (κ3) is 1.97. The molecular formula is C12H16N4. The fraction of sp³-hybridized carbons (Fsp3) is 0.333. The van der Waals surface area contributed by atoms with E-state index in [0.717, 1.165) is 12.4 Å². The normalized spacial score (nSPS) is 12.6. The summed E-state index contributed by atoms with van der Waals surface area (Å²) < 4.78 is 1.89. The fourth-order valence-electron chi connectivity index (χ4n) is 1.86. The van der Waals surface area contributed by atoms with Crippen LogP contribution in [-0.2, 0) is 6.54 Å². The van der Waals surface area contributed by atoms with Gasteiger partial charge in [-0.15, -0.1) is 0 Å². The monoisotopic (exact) mass is 216 g/mol. The Morgan fingerprint density at radius 2 is 2.06 bits per heavy atom. The van der Waals surface area contributed by atoms with Crippen LogP contribution in [0.15, 0.2) is 36.7 Å². The minimum absolute atomic E-state index is 0.128. The second-order valence-electron chi connectivity index (χ2n) is 3.63. The quantitative estimate of drug-likeness (QED) is 0.840. The van der Waals surface area contributed by atoms with E-state index in [1.54, 1.807) is 6.33 Å². The van der Waals surface area contributed by atoms with Gasteiger partial charge in [0.25, 0.3) is 0 Å². The molecule has 4 heteroatoms. The first kappa shape index (κ1) is 10.8. The first-order valence-corrected chi connectivity index (χ1v) is 5.49. The second kappa shape index (κ2) is 4.90. The van der Waals surface area contributed by atoms with Crippen LogP contribution < -0.4 is 5.73 Å². The Balaban J connectivity index is 2.37. The molecule has 0 aliphatic rings. The van der Waals surface area contributed by atoms with Gasteiger partial charge in [-0.25, -0.2) is 9.67 Å². The number of aryl methyl sites for hydroxylation is 1. The molecule has 2 N–H and O–H groups in total. The summed E-state index contributed by atoms with van der Waals surface area (Å²) in [6.45, 7) is 3.41. The smallest absolute Gasteiger partial charge is 0.138 e. The van der Waals surface area contributed by atoms with E-state index < -0.39 is 0 Å². The van der Waals surface area contributed by atoms with E-state index >= 15 is 0 Å². The lowest BCUT2D eigenvalue weighted by Gasteiger charge is -2.14. The number of aromatic nitrogens is 3. The molecule has 1 aromatic heterocycles. The SMILES string of the molecule is CCn1ncnc1C(CN)c1ccccc1. The van der Waals surface area contributed by atoms with Gasteiger partial charge in [0.05, 0.1) is 5.92 Å². The molecule has 0 radical (unpaired) electrons. The van der Waals surface area contributed by atoms with Gasteiger partial charge in [0.1, 0.15) is 12.2 Å². The van der Waals surface area contributed by atoms with E-state index in [-0.39, 0.29) is 5.92 Å². The maximum Gasteiger partial charge on any atom is 0.138 e. The highest BCUT2D eigenvalue weighted by atomic mass is 15.3. The third-order valence-corrected chi connectivity index (χ3v) is 2.69. The zero-order valence-corrected chi connectivity index (χ0v) is 9.37. The van der Waals surface area contributed by atoms with Gasteiger partial charge in [0, 0.05) is 13.1 Å². The van der Waals surface area contributed by atoms with Crippen molar-refractivity contribution < 1.29 is 0 Å². The van der Waals surface area contributed by atoms with Crippen LogP contribution in [0, 0.1) is 0 Å². The molecule has 1 heterocycles. The van der Waals surface area contributed by atoms with E-state index in [4.69, 9.17) is 5.73 Å². The summed E-state index contributed by atoms with van der Waals surface area (Å²) in [5.41, 5.74) is 7.03. The van der Waals surface area contributed by atoms with Crippen molar-refractivity contribution in [3.8, 4) is 0 Å². The Kier molecular flexibility index (Phi) is 3.31. The highest BCUT2D eigenvalue weighted by Crippen LogP contribution is 2.21. The Morgan fingerprint density at radius 3 is 2.69 bits per heavy atom. The number of rotatable bonds is 4. The zero-order chi connectivity index (χ0) is 11.4. The van der Waals surface area contributed by atoms with Gasteiger partial charge in [-0.1, -0.05) is 30.3 Å². The number of nitrogens with two attached hydrogens (primary N) is 1. The lowest BCUT2D eigenvalue weighted by Crippen LogP contribution is -2.18. The van der Waals surface area contributed by atoms with Crippen molar-refractivity contribution in [3.63, 3.8) is 0 Å². The molecule has 0 fully saturated rings. The fourth-order valence-corrected chi connectivity index (χ4v) is 1.86. The molecule has 0 aliphatic carbocycles. The molecule has 1 aromatic carbocycles. The Labute approximate surface area is 95.1 Å². The lowest BCUT2D eigenvalue weighted by atomic mass is 9.98. The number of hydrogen-bond acceptors (Lipinski definition) is 3. The van der Waals surface area contributed by atoms with Gasteiger partial charge in [-0.3, -0.25) is 0 Å². The van der Waals surface area contributed by atoms with E-state index in [1.165, 1.54) is 5.56 Å². The lowest BCUT2D eigenvalue weighted by molar-refractivity contribution is 0.587. The molecule has 84 valence electrons. The Morgan fingerprint density at radius 1 is 1.31 bits per heavy atom. The summed E-state index contributed by atoms with van der Waals surface area (Å²) in [4.78, 5) is 4.31. The van der Waals surface area contributed by atoms with Crippen molar-refractivity contribution in [1.82, 2.24) is 14.8 Å². The maximum atomic E-state index is 5.84. The van der Waals surface area contributed by atoms with Crippen LogP contribution >= 0.6 is 0 Å². The van der Waals surface area contributed by atoms with E-state index in [2.05, 4.69) is 29.1 Å². The minimum Gasteiger partial charge on any atom is -0.329 e. The first-order chi connectivity index (χ1) is 7.86. The van der Waals surface area contributed by atoms with Crippen LogP contribution in [-0.4, -0.2) is 21.3 Å². The van der Waals surface area contributed by atoms with Crippen molar-refractivity contribution in [3.05, 3.63) is 48.0 Å². The Bertz CT molecular complexity index is 435. The number of nitrogens with zero attached hydrogens (tertiary/aromatic N) is 3. The Hall–Kier alpha value is -1.68. The van der Waals surface area contributed by atoms with E-state index in [0.29, 0.717) is 6.54 Å². The molecule has 0 bridgehead atoms. The molecule has 1 atom stereocenters. The highest BCUT2D eigenvalue weighted by Gasteiger charge is 2.17. The van der Waals surface area contributed by atoms with Gasteiger partial charge in [0.15, 0.2) is 0 Å². The standard InChI is InChI=1S/C12H16N4/c1-2-16-12(14-9-15-16)11(8-13)10-6-4-3-5-7-10/h3-7,9,11H,2,8,13H2,1H3. The predicted molar refractivity (Wildman–Crippen MR) is 63.0 cm³/mol. The van der Waals surface area contributed by atoms with Gasteiger partial charge in [-0.2, -0.15) is 5.10 Å². The molecule has 0 spiro atoms. The van der Waals surface area contributed by atoms with Crippen molar-refractivity contribution in [2.24, 2.45) is 5.73 Å². The topological polar surface area (TPSA) is 56.7 Å². The molecule has 4 nitrogen and oxygen atoms in total. The zero-order valence-electron chi connectivity index (χ0n) is 9.37. The molecule has 0 aliphatic heterocycles.